The molecule has 0 radical (unpaired) electrons. The van der Waals surface area contributed by atoms with Gasteiger partial charge in [0.25, 0.3) is 0 Å². The predicted molar refractivity (Wildman–Crippen MR) is 82.9 cm³/mol. The van der Waals surface area contributed by atoms with E-state index < -0.39 is 0 Å². The fourth-order valence-corrected chi connectivity index (χ4v) is 3.68. The molecule has 1 saturated carbocycles. The van der Waals surface area contributed by atoms with Crippen LogP contribution in [0.1, 0.15) is 31.2 Å². The molecule has 0 atom stereocenters. The fraction of sp³-hybridized carbons (Fsp3) is 0.625. The average molecular weight is 293 g/mol. The van der Waals surface area contributed by atoms with Crippen LogP contribution < -0.4 is 14.8 Å². The Kier molecular flexibility index (Phi) is 4.73. The molecular weight excluding hydrogens is 270 g/mol. The first kappa shape index (κ1) is 14.1. The van der Waals surface area contributed by atoms with Gasteiger partial charge in [0.2, 0.25) is 0 Å². The molecule has 1 aliphatic heterocycles. The van der Waals surface area contributed by atoms with Crippen molar-refractivity contribution in [1.82, 2.24) is 5.32 Å². The van der Waals surface area contributed by atoms with E-state index >= 15 is 0 Å². The van der Waals surface area contributed by atoms with Gasteiger partial charge in [0.05, 0.1) is 0 Å². The first-order valence-corrected chi connectivity index (χ1v) is 8.76. The number of hydrogen-bond donors (Lipinski definition) is 1. The lowest BCUT2D eigenvalue weighted by Gasteiger charge is -2.21. The highest BCUT2D eigenvalue weighted by Gasteiger charge is 2.17. The smallest absolute Gasteiger partial charge is 0.162 e. The molecule has 1 fully saturated rings. The van der Waals surface area contributed by atoms with E-state index in [0.717, 1.165) is 30.5 Å². The van der Waals surface area contributed by atoms with Gasteiger partial charge in [-0.1, -0.05) is 12.8 Å². The summed E-state index contributed by atoms with van der Waals surface area (Å²) in [5.74, 6) is 2.66. The summed E-state index contributed by atoms with van der Waals surface area (Å²) in [6.07, 6.45) is 7.72. The normalized spacial score (nSPS) is 18.4. The molecule has 1 N–H and O–H groups in total. The van der Waals surface area contributed by atoms with E-state index in [1.807, 2.05) is 0 Å². The SMILES string of the molecule is CSc1cc2c(cc1CNCC1CCCC1)OCCO2. The van der Waals surface area contributed by atoms with E-state index in [4.69, 9.17) is 9.47 Å². The maximum Gasteiger partial charge on any atom is 0.162 e. The molecule has 0 unspecified atom stereocenters. The van der Waals surface area contributed by atoms with Crippen molar-refractivity contribution in [2.45, 2.75) is 37.1 Å². The molecule has 4 heteroatoms. The van der Waals surface area contributed by atoms with Crippen LogP contribution in [0, 0.1) is 5.92 Å². The van der Waals surface area contributed by atoms with E-state index in [1.54, 1.807) is 11.8 Å². The number of hydrogen-bond acceptors (Lipinski definition) is 4. The maximum absolute atomic E-state index is 5.68. The quantitative estimate of drug-likeness (QED) is 0.842. The second-order valence-corrected chi connectivity index (χ2v) is 6.44. The Bertz CT molecular complexity index is 458. The summed E-state index contributed by atoms with van der Waals surface area (Å²) in [6.45, 7) is 3.37. The van der Waals surface area contributed by atoms with Gasteiger partial charge in [0, 0.05) is 11.4 Å². The monoisotopic (exact) mass is 293 g/mol. The molecule has 1 aliphatic carbocycles. The van der Waals surface area contributed by atoms with Gasteiger partial charge in [-0.3, -0.25) is 0 Å². The summed E-state index contributed by atoms with van der Waals surface area (Å²) in [5.41, 5.74) is 1.32. The van der Waals surface area contributed by atoms with Crippen molar-refractivity contribution >= 4 is 11.8 Å². The second-order valence-electron chi connectivity index (χ2n) is 5.59. The van der Waals surface area contributed by atoms with Crippen molar-refractivity contribution < 1.29 is 9.47 Å². The molecule has 1 heterocycles. The number of fused-ring (bicyclic) bond motifs is 1. The molecular formula is C16H23NO2S. The first-order chi connectivity index (χ1) is 9.86. The Morgan fingerprint density at radius 2 is 1.85 bits per heavy atom. The van der Waals surface area contributed by atoms with Crippen LogP contribution in [-0.2, 0) is 6.54 Å². The van der Waals surface area contributed by atoms with E-state index in [0.29, 0.717) is 13.2 Å². The molecule has 2 aliphatic rings. The molecule has 0 saturated heterocycles. The van der Waals surface area contributed by atoms with E-state index in [9.17, 15) is 0 Å². The van der Waals surface area contributed by atoms with Crippen LogP contribution in [0.25, 0.3) is 0 Å². The second kappa shape index (κ2) is 6.72. The fourth-order valence-electron chi connectivity index (χ4n) is 3.07. The highest BCUT2D eigenvalue weighted by atomic mass is 32.2. The number of benzene rings is 1. The summed E-state index contributed by atoms with van der Waals surface area (Å²) >= 11 is 1.78. The predicted octanol–water partition coefficient (Wildman–Crippen LogP) is 3.46. The molecule has 3 nitrogen and oxygen atoms in total. The minimum Gasteiger partial charge on any atom is -0.486 e. The zero-order chi connectivity index (χ0) is 13.8. The highest BCUT2D eigenvalue weighted by Crippen LogP contribution is 2.36. The molecule has 3 rings (SSSR count). The van der Waals surface area contributed by atoms with Crippen molar-refractivity contribution in [3.8, 4) is 11.5 Å². The van der Waals surface area contributed by atoms with Crippen LogP contribution in [0.3, 0.4) is 0 Å². The number of ether oxygens (including phenoxy) is 2. The first-order valence-electron chi connectivity index (χ1n) is 7.54. The highest BCUT2D eigenvalue weighted by molar-refractivity contribution is 7.98. The number of thioether (sulfide) groups is 1. The van der Waals surface area contributed by atoms with Gasteiger partial charge in [0.1, 0.15) is 13.2 Å². The zero-order valence-electron chi connectivity index (χ0n) is 12.1. The van der Waals surface area contributed by atoms with Crippen LogP contribution in [-0.4, -0.2) is 26.0 Å². The summed E-state index contributed by atoms with van der Waals surface area (Å²) in [5, 5.41) is 3.62. The number of nitrogens with one attached hydrogen (secondary N) is 1. The third-order valence-corrected chi connectivity index (χ3v) is 4.99. The van der Waals surface area contributed by atoms with Crippen LogP contribution in [0.15, 0.2) is 17.0 Å². The Labute approximate surface area is 125 Å². The van der Waals surface area contributed by atoms with Gasteiger partial charge in [-0.15, -0.1) is 11.8 Å². The Morgan fingerprint density at radius 1 is 1.15 bits per heavy atom. The van der Waals surface area contributed by atoms with Gasteiger partial charge >= 0.3 is 0 Å². The molecule has 20 heavy (non-hydrogen) atoms. The van der Waals surface area contributed by atoms with Crippen molar-refractivity contribution in [1.29, 1.82) is 0 Å². The standard InChI is InChI=1S/C16H23NO2S/c1-20-16-9-15-14(18-6-7-19-15)8-13(16)11-17-10-12-4-2-3-5-12/h8-9,12,17H,2-7,10-11H2,1H3. The van der Waals surface area contributed by atoms with E-state index in [1.165, 1.54) is 36.1 Å². The minimum absolute atomic E-state index is 0.653. The Morgan fingerprint density at radius 3 is 2.55 bits per heavy atom. The maximum atomic E-state index is 5.68. The Hall–Kier alpha value is -0.870. The van der Waals surface area contributed by atoms with Gasteiger partial charge in [-0.25, -0.2) is 0 Å². The van der Waals surface area contributed by atoms with Crippen LogP contribution in [0.5, 0.6) is 11.5 Å². The lowest BCUT2D eigenvalue weighted by atomic mass is 10.1. The van der Waals surface area contributed by atoms with Crippen LogP contribution in [0.4, 0.5) is 0 Å². The largest absolute Gasteiger partial charge is 0.486 e. The lowest BCUT2D eigenvalue weighted by Crippen LogP contribution is -2.21. The van der Waals surface area contributed by atoms with E-state index in [2.05, 4.69) is 23.7 Å². The molecule has 1 aromatic carbocycles. The zero-order valence-corrected chi connectivity index (χ0v) is 12.9. The van der Waals surface area contributed by atoms with Crippen molar-refractivity contribution in [2.24, 2.45) is 5.92 Å². The molecule has 0 amide bonds. The van der Waals surface area contributed by atoms with Gasteiger partial charge in [-0.05, 0) is 49.3 Å². The van der Waals surface area contributed by atoms with Gasteiger partial charge in [-0.2, -0.15) is 0 Å². The van der Waals surface area contributed by atoms with Gasteiger partial charge in [0.15, 0.2) is 11.5 Å². The van der Waals surface area contributed by atoms with Crippen molar-refractivity contribution in [3.63, 3.8) is 0 Å². The molecule has 1 aromatic rings. The number of rotatable bonds is 5. The summed E-state index contributed by atoms with van der Waals surface area (Å²) < 4.78 is 11.3. The van der Waals surface area contributed by atoms with Gasteiger partial charge < -0.3 is 14.8 Å². The summed E-state index contributed by atoms with van der Waals surface area (Å²) in [7, 11) is 0. The third kappa shape index (κ3) is 3.23. The summed E-state index contributed by atoms with van der Waals surface area (Å²) in [4.78, 5) is 1.29. The molecule has 0 aromatic heterocycles. The topological polar surface area (TPSA) is 30.5 Å². The Balaban J connectivity index is 1.64. The molecule has 0 spiro atoms. The lowest BCUT2D eigenvalue weighted by molar-refractivity contribution is 0.171. The molecule has 110 valence electrons. The van der Waals surface area contributed by atoms with Crippen LogP contribution in [0.2, 0.25) is 0 Å². The summed E-state index contributed by atoms with van der Waals surface area (Å²) in [6, 6.07) is 4.26. The van der Waals surface area contributed by atoms with Crippen molar-refractivity contribution in [3.05, 3.63) is 17.7 Å². The van der Waals surface area contributed by atoms with E-state index in [-0.39, 0.29) is 0 Å². The van der Waals surface area contributed by atoms with Crippen LogP contribution >= 0.6 is 11.8 Å². The third-order valence-electron chi connectivity index (χ3n) is 4.17. The average Bonchev–Trinajstić information content (AvgIpc) is 3.00. The molecule has 0 bridgehead atoms. The minimum atomic E-state index is 0.653. The van der Waals surface area contributed by atoms with Crippen molar-refractivity contribution in [2.75, 3.05) is 26.0 Å².